The van der Waals surface area contributed by atoms with E-state index in [1.54, 1.807) is 6.08 Å². The fraction of sp³-hybridized carbons (Fsp3) is 0.222. The second-order valence-electron chi connectivity index (χ2n) is 4.88. The van der Waals surface area contributed by atoms with Gasteiger partial charge in [-0.25, -0.2) is 0 Å². The molecule has 0 heteroatoms. The number of aryl methyl sites for hydroxylation is 2. The van der Waals surface area contributed by atoms with Crippen LogP contribution in [0, 0.1) is 6.92 Å². The Kier molecular flexibility index (Phi) is 3.66. The number of fused-ring (bicyclic) bond motifs is 1. The van der Waals surface area contributed by atoms with Gasteiger partial charge in [-0.15, -0.1) is 0 Å². The van der Waals surface area contributed by atoms with Crippen LogP contribution in [0.25, 0.3) is 5.57 Å². The Balaban J connectivity index is 2.42. The highest BCUT2D eigenvalue weighted by atomic mass is 14.2. The van der Waals surface area contributed by atoms with Crippen LogP contribution in [-0.4, -0.2) is 0 Å². The molecule has 92 valence electrons. The predicted octanol–water partition coefficient (Wildman–Crippen LogP) is 5.01. The van der Waals surface area contributed by atoms with Crippen LogP contribution in [-0.2, 0) is 6.42 Å². The molecule has 2 rings (SSSR count). The Hall–Kier alpha value is -1.82. The maximum atomic E-state index is 4.14. The third-order valence-electron chi connectivity index (χ3n) is 3.60. The monoisotopic (exact) mass is 236 g/mol. The minimum absolute atomic E-state index is 1.08. The molecule has 0 bridgehead atoms. The van der Waals surface area contributed by atoms with Crippen molar-refractivity contribution in [2.45, 2.75) is 26.7 Å². The van der Waals surface area contributed by atoms with Gasteiger partial charge in [0.1, 0.15) is 0 Å². The normalized spacial score (nSPS) is 16.8. The molecule has 18 heavy (non-hydrogen) atoms. The molecule has 0 aliphatic heterocycles. The van der Waals surface area contributed by atoms with Crippen LogP contribution in [0.5, 0.6) is 0 Å². The Morgan fingerprint density at radius 3 is 2.78 bits per heavy atom. The molecule has 0 unspecified atom stereocenters. The molecule has 0 spiro atoms. The van der Waals surface area contributed by atoms with E-state index in [2.05, 4.69) is 45.2 Å². The van der Waals surface area contributed by atoms with Crippen molar-refractivity contribution < 1.29 is 0 Å². The van der Waals surface area contributed by atoms with Gasteiger partial charge in [0.2, 0.25) is 0 Å². The van der Waals surface area contributed by atoms with Crippen LogP contribution in [0.2, 0.25) is 0 Å². The molecule has 1 aliphatic carbocycles. The lowest BCUT2D eigenvalue weighted by Gasteiger charge is -2.08. The van der Waals surface area contributed by atoms with Gasteiger partial charge < -0.3 is 0 Å². The minimum atomic E-state index is 1.08. The second kappa shape index (κ2) is 5.22. The first kappa shape index (κ1) is 12.6. The zero-order valence-electron chi connectivity index (χ0n) is 11.3. The lowest BCUT2D eigenvalue weighted by molar-refractivity contribution is 1.07. The van der Waals surface area contributed by atoms with Crippen molar-refractivity contribution in [1.82, 2.24) is 0 Å². The average molecular weight is 236 g/mol. The van der Waals surface area contributed by atoms with Crippen molar-refractivity contribution in [2.75, 3.05) is 0 Å². The van der Waals surface area contributed by atoms with Gasteiger partial charge in [-0.3, -0.25) is 0 Å². The number of hydrogen-bond donors (Lipinski definition) is 0. The highest BCUT2D eigenvalue weighted by Crippen LogP contribution is 2.36. The number of hydrogen-bond acceptors (Lipinski definition) is 0. The molecule has 0 atom stereocenters. The summed E-state index contributed by atoms with van der Waals surface area (Å²) in [7, 11) is 0. The fourth-order valence-corrected chi connectivity index (χ4v) is 2.48. The van der Waals surface area contributed by atoms with Gasteiger partial charge in [-0.1, -0.05) is 55.1 Å². The predicted molar refractivity (Wildman–Crippen MR) is 80.6 cm³/mol. The SMILES string of the molecule is C=C/C=C\C(=C)C(C)=C1CCc2ccc(C)cc21. The van der Waals surface area contributed by atoms with E-state index in [0.29, 0.717) is 0 Å². The Morgan fingerprint density at radius 2 is 2.06 bits per heavy atom. The summed E-state index contributed by atoms with van der Waals surface area (Å²) < 4.78 is 0. The van der Waals surface area contributed by atoms with Crippen molar-refractivity contribution in [1.29, 1.82) is 0 Å². The zero-order chi connectivity index (χ0) is 13.1. The molecule has 1 aliphatic rings. The van der Waals surface area contributed by atoms with E-state index in [1.165, 1.54) is 27.8 Å². The Morgan fingerprint density at radius 1 is 1.28 bits per heavy atom. The molecule has 0 fully saturated rings. The zero-order valence-corrected chi connectivity index (χ0v) is 11.3. The minimum Gasteiger partial charge on any atom is -0.0991 e. The highest BCUT2D eigenvalue weighted by molar-refractivity contribution is 5.78. The molecule has 0 radical (unpaired) electrons. The lowest BCUT2D eigenvalue weighted by atomic mass is 9.96. The van der Waals surface area contributed by atoms with Gasteiger partial charge in [0.25, 0.3) is 0 Å². The first-order valence-corrected chi connectivity index (χ1v) is 6.41. The lowest BCUT2D eigenvalue weighted by Crippen LogP contribution is -1.88. The molecule has 0 amide bonds. The topological polar surface area (TPSA) is 0 Å². The van der Waals surface area contributed by atoms with Crippen LogP contribution >= 0.6 is 0 Å². The summed E-state index contributed by atoms with van der Waals surface area (Å²) in [6.07, 6.45) is 8.05. The van der Waals surface area contributed by atoms with Crippen LogP contribution in [0.4, 0.5) is 0 Å². The molecule has 0 saturated carbocycles. The van der Waals surface area contributed by atoms with Gasteiger partial charge in [0.15, 0.2) is 0 Å². The maximum absolute atomic E-state index is 4.14. The molecular formula is C18H20. The molecule has 0 aromatic heterocycles. The quantitative estimate of drug-likeness (QED) is 0.647. The summed E-state index contributed by atoms with van der Waals surface area (Å²) in [5.74, 6) is 0. The molecule has 1 aromatic rings. The third-order valence-corrected chi connectivity index (χ3v) is 3.60. The van der Waals surface area contributed by atoms with Crippen LogP contribution < -0.4 is 0 Å². The molecule has 0 N–H and O–H groups in total. The highest BCUT2D eigenvalue weighted by Gasteiger charge is 2.18. The second-order valence-corrected chi connectivity index (χ2v) is 4.88. The standard InChI is InChI=1S/C18H20/c1-5-6-7-14(3)15(4)17-11-10-16-9-8-13(2)12-18(16)17/h5-9,12H,1,3,10-11H2,2,4H3/b7-6-,17-15?. The van der Waals surface area contributed by atoms with Crippen LogP contribution in [0.15, 0.2) is 60.7 Å². The van der Waals surface area contributed by atoms with E-state index in [4.69, 9.17) is 0 Å². The van der Waals surface area contributed by atoms with Gasteiger partial charge in [-0.05, 0) is 54.5 Å². The molecule has 0 saturated heterocycles. The maximum Gasteiger partial charge on any atom is -0.0187 e. The summed E-state index contributed by atoms with van der Waals surface area (Å²) in [5.41, 5.74) is 8.05. The summed E-state index contributed by atoms with van der Waals surface area (Å²) >= 11 is 0. The smallest absolute Gasteiger partial charge is 0.0187 e. The molecule has 0 heterocycles. The van der Waals surface area contributed by atoms with Crippen LogP contribution in [0.1, 0.15) is 30.0 Å². The van der Waals surface area contributed by atoms with E-state index in [-0.39, 0.29) is 0 Å². The van der Waals surface area contributed by atoms with Crippen LogP contribution in [0.3, 0.4) is 0 Å². The molecule has 1 aromatic carbocycles. The van der Waals surface area contributed by atoms with Gasteiger partial charge in [-0.2, -0.15) is 0 Å². The van der Waals surface area contributed by atoms with Crippen molar-refractivity contribution in [3.05, 3.63) is 77.4 Å². The van der Waals surface area contributed by atoms with Gasteiger partial charge in [0, 0.05) is 0 Å². The molecular weight excluding hydrogens is 216 g/mol. The van der Waals surface area contributed by atoms with Crippen molar-refractivity contribution in [2.24, 2.45) is 0 Å². The van der Waals surface area contributed by atoms with Crippen molar-refractivity contribution in [3.63, 3.8) is 0 Å². The summed E-state index contributed by atoms with van der Waals surface area (Å²) in [6, 6.07) is 6.75. The van der Waals surface area contributed by atoms with E-state index >= 15 is 0 Å². The molecule has 0 nitrogen and oxygen atoms in total. The summed E-state index contributed by atoms with van der Waals surface area (Å²) in [6.45, 7) is 12.2. The first-order valence-electron chi connectivity index (χ1n) is 6.41. The number of allylic oxidation sites excluding steroid dienone is 6. The fourth-order valence-electron chi connectivity index (χ4n) is 2.48. The average Bonchev–Trinajstić information content (AvgIpc) is 2.77. The van der Waals surface area contributed by atoms with Gasteiger partial charge >= 0.3 is 0 Å². The third kappa shape index (κ3) is 2.38. The summed E-state index contributed by atoms with van der Waals surface area (Å²) in [5, 5.41) is 0. The Bertz CT molecular complexity index is 553. The van der Waals surface area contributed by atoms with Crippen molar-refractivity contribution in [3.8, 4) is 0 Å². The van der Waals surface area contributed by atoms with E-state index < -0.39 is 0 Å². The summed E-state index contributed by atoms with van der Waals surface area (Å²) in [4.78, 5) is 0. The van der Waals surface area contributed by atoms with E-state index in [0.717, 1.165) is 18.4 Å². The largest absolute Gasteiger partial charge is 0.0991 e. The van der Waals surface area contributed by atoms with Gasteiger partial charge in [0.05, 0.1) is 0 Å². The van der Waals surface area contributed by atoms with E-state index in [9.17, 15) is 0 Å². The number of benzene rings is 1. The number of rotatable bonds is 3. The first-order chi connectivity index (χ1) is 8.63. The van der Waals surface area contributed by atoms with Crippen molar-refractivity contribution >= 4 is 5.57 Å². The van der Waals surface area contributed by atoms with E-state index in [1.807, 2.05) is 12.2 Å². The Labute approximate surface area is 110 Å².